The van der Waals surface area contributed by atoms with Crippen molar-refractivity contribution in [3.63, 3.8) is 0 Å². The fourth-order valence-electron chi connectivity index (χ4n) is 3.25. The molecule has 2 heterocycles. The van der Waals surface area contributed by atoms with Gasteiger partial charge in [-0.1, -0.05) is 24.8 Å². The number of carboxylic acid groups (broad SMARTS) is 1. The molecule has 1 aromatic carbocycles. The quantitative estimate of drug-likeness (QED) is 0.889. The number of amides is 1. The molecule has 0 aromatic heterocycles. The summed E-state index contributed by atoms with van der Waals surface area (Å²) >= 11 is 0. The van der Waals surface area contributed by atoms with Crippen molar-refractivity contribution in [3.05, 3.63) is 36.4 Å². The molecular weight excluding hydrogens is 270 g/mol. The highest BCUT2D eigenvalue weighted by Crippen LogP contribution is 2.44. The van der Waals surface area contributed by atoms with Crippen molar-refractivity contribution in [1.29, 1.82) is 0 Å². The van der Waals surface area contributed by atoms with Crippen molar-refractivity contribution in [1.82, 2.24) is 0 Å². The van der Waals surface area contributed by atoms with E-state index in [1.807, 2.05) is 12.1 Å². The number of aliphatic carboxylic acids is 1. The van der Waals surface area contributed by atoms with E-state index >= 15 is 0 Å². The summed E-state index contributed by atoms with van der Waals surface area (Å²) in [7, 11) is 0. The molecule has 1 amide bonds. The SMILES string of the molecule is C=Cc1ccc(NC(=O)C2C(C(=O)O)[C@H]3CC[C@H]2O3)cc1. The molecule has 2 saturated heterocycles. The van der Waals surface area contributed by atoms with Crippen LogP contribution in [-0.2, 0) is 14.3 Å². The molecule has 21 heavy (non-hydrogen) atoms. The van der Waals surface area contributed by atoms with Gasteiger partial charge in [-0.2, -0.15) is 0 Å². The third-order valence-corrected chi connectivity index (χ3v) is 4.28. The summed E-state index contributed by atoms with van der Waals surface area (Å²) in [6, 6.07) is 7.24. The molecule has 3 rings (SSSR count). The van der Waals surface area contributed by atoms with Gasteiger partial charge in [0.15, 0.2) is 0 Å². The Morgan fingerprint density at radius 1 is 1.19 bits per heavy atom. The Balaban J connectivity index is 1.74. The Hall–Kier alpha value is -2.14. The highest BCUT2D eigenvalue weighted by atomic mass is 16.5. The minimum absolute atomic E-state index is 0.274. The zero-order chi connectivity index (χ0) is 15.0. The van der Waals surface area contributed by atoms with Crippen molar-refractivity contribution < 1.29 is 19.4 Å². The van der Waals surface area contributed by atoms with Crippen LogP contribution in [0.5, 0.6) is 0 Å². The van der Waals surface area contributed by atoms with Gasteiger partial charge in [0.2, 0.25) is 5.91 Å². The van der Waals surface area contributed by atoms with Crippen LogP contribution < -0.4 is 5.32 Å². The van der Waals surface area contributed by atoms with Crippen LogP contribution in [0.2, 0.25) is 0 Å². The standard InChI is InChI=1S/C16H17NO4/c1-2-9-3-5-10(6-4-9)17-15(18)13-11-7-8-12(21-11)14(13)16(19)20/h2-6,11-14H,1,7-8H2,(H,17,18)(H,19,20)/t11-,12-,13?,14?/m1/s1. The number of carboxylic acids is 1. The molecule has 2 bridgehead atoms. The molecule has 5 heteroatoms. The molecule has 2 unspecified atom stereocenters. The van der Waals surface area contributed by atoms with E-state index in [0.717, 1.165) is 18.4 Å². The number of nitrogens with one attached hydrogen (secondary N) is 1. The van der Waals surface area contributed by atoms with E-state index in [-0.39, 0.29) is 18.1 Å². The first-order valence-corrected chi connectivity index (χ1v) is 7.02. The van der Waals surface area contributed by atoms with Gasteiger partial charge in [0.1, 0.15) is 0 Å². The first-order valence-electron chi connectivity index (χ1n) is 7.02. The van der Waals surface area contributed by atoms with Crippen LogP contribution in [0.25, 0.3) is 6.08 Å². The first kappa shape index (κ1) is 13.8. The Labute approximate surface area is 122 Å². The van der Waals surface area contributed by atoms with Crippen LogP contribution in [0.3, 0.4) is 0 Å². The van der Waals surface area contributed by atoms with Crippen LogP contribution >= 0.6 is 0 Å². The molecule has 2 N–H and O–H groups in total. The van der Waals surface area contributed by atoms with E-state index in [1.165, 1.54) is 0 Å². The monoisotopic (exact) mass is 287 g/mol. The summed E-state index contributed by atoms with van der Waals surface area (Å²) in [5, 5.41) is 12.1. The third kappa shape index (κ3) is 2.45. The molecule has 0 radical (unpaired) electrons. The predicted octanol–water partition coefficient (Wildman–Crippen LogP) is 2.15. The Bertz CT molecular complexity index is 580. The number of carbonyl (C=O) groups excluding carboxylic acids is 1. The third-order valence-electron chi connectivity index (χ3n) is 4.28. The lowest BCUT2D eigenvalue weighted by molar-refractivity contribution is -0.147. The minimum atomic E-state index is -0.954. The topological polar surface area (TPSA) is 75.6 Å². The first-order chi connectivity index (χ1) is 10.1. The molecule has 0 aliphatic carbocycles. The van der Waals surface area contributed by atoms with E-state index in [2.05, 4.69) is 11.9 Å². The van der Waals surface area contributed by atoms with Gasteiger partial charge >= 0.3 is 5.97 Å². The molecule has 1 aromatic rings. The average Bonchev–Trinajstić information content (AvgIpc) is 3.08. The fraction of sp³-hybridized carbons (Fsp3) is 0.375. The summed E-state index contributed by atoms with van der Waals surface area (Å²) in [5.74, 6) is -2.58. The number of hydrogen-bond donors (Lipinski definition) is 2. The van der Waals surface area contributed by atoms with Crippen LogP contribution in [0.15, 0.2) is 30.8 Å². The fourth-order valence-corrected chi connectivity index (χ4v) is 3.25. The van der Waals surface area contributed by atoms with Crippen molar-refractivity contribution >= 4 is 23.6 Å². The van der Waals surface area contributed by atoms with Gasteiger partial charge in [-0.15, -0.1) is 0 Å². The summed E-state index contributed by atoms with van der Waals surface area (Å²) in [5.41, 5.74) is 1.61. The summed E-state index contributed by atoms with van der Waals surface area (Å²) in [4.78, 5) is 23.8. The lowest BCUT2D eigenvalue weighted by Crippen LogP contribution is -2.40. The maximum absolute atomic E-state index is 12.4. The van der Waals surface area contributed by atoms with Gasteiger partial charge in [-0.25, -0.2) is 0 Å². The molecule has 2 aliphatic heterocycles. The van der Waals surface area contributed by atoms with Crippen molar-refractivity contribution in [2.45, 2.75) is 25.0 Å². The van der Waals surface area contributed by atoms with Gasteiger partial charge in [-0.05, 0) is 30.5 Å². The summed E-state index contributed by atoms with van der Waals surface area (Å²) in [6.45, 7) is 3.67. The highest BCUT2D eigenvalue weighted by Gasteiger charge is 2.55. The van der Waals surface area contributed by atoms with Crippen LogP contribution in [0, 0.1) is 11.8 Å². The van der Waals surface area contributed by atoms with Gasteiger partial charge in [0.25, 0.3) is 0 Å². The zero-order valence-corrected chi connectivity index (χ0v) is 11.5. The smallest absolute Gasteiger partial charge is 0.310 e. The van der Waals surface area contributed by atoms with E-state index in [0.29, 0.717) is 5.69 Å². The number of carbonyl (C=O) groups is 2. The number of ether oxygens (including phenoxy) is 1. The normalized spacial score (nSPS) is 30.1. The molecule has 110 valence electrons. The number of anilines is 1. The van der Waals surface area contributed by atoms with Gasteiger partial charge in [0, 0.05) is 5.69 Å². The van der Waals surface area contributed by atoms with Gasteiger partial charge in [0.05, 0.1) is 24.0 Å². The van der Waals surface area contributed by atoms with E-state index in [4.69, 9.17) is 4.74 Å². The molecule has 2 fully saturated rings. The van der Waals surface area contributed by atoms with Crippen LogP contribution in [-0.4, -0.2) is 29.2 Å². The lowest BCUT2D eigenvalue weighted by Gasteiger charge is -2.23. The van der Waals surface area contributed by atoms with E-state index in [9.17, 15) is 14.7 Å². The van der Waals surface area contributed by atoms with Crippen molar-refractivity contribution in [2.24, 2.45) is 11.8 Å². The molecule has 0 saturated carbocycles. The molecule has 0 spiro atoms. The molecular formula is C16H17NO4. The maximum Gasteiger partial charge on any atom is 0.310 e. The van der Waals surface area contributed by atoms with Crippen molar-refractivity contribution in [2.75, 3.05) is 5.32 Å². The maximum atomic E-state index is 12.4. The molecule has 2 aliphatic rings. The van der Waals surface area contributed by atoms with Crippen molar-refractivity contribution in [3.8, 4) is 0 Å². The lowest BCUT2D eigenvalue weighted by atomic mass is 9.78. The van der Waals surface area contributed by atoms with E-state index in [1.54, 1.807) is 18.2 Å². The van der Waals surface area contributed by atoms with Crippen LogP contribution in [0.1, 0.15) is 18.4 Å². The number of rotatable bonds is 4. The Morgan fingerprint density at radius 2 is 1.81 bits per heavy atom. The summed E-state index contributed by atoms with van der Waals surface area (Å²) in [6.07, 6.45) is 2.59. The molecule has 4 atom stereocenters. The second kappa shape index (κ2) is 5.33. The summed E-state index contributed by atoms with van der Waals surface area (Å²) < 4.78 is 5.60. The van der Waals surface area contributed by atoms with E-state index < -0.39 is 17.8 Å². The highest BCUT2D eigenvalue weighted by molar-refractivity contribution is 5.96. The number of fused-ring (bicyclic) bond motifs is 2. The zero-order valence-electron chi connectivity index (χ0n) is 11.5. The van der Waals surface area contributed by atoms with Crippen LogP contribution in [0.4, 0.5) is 5.69 Å². The Kier molecular flexibility index (Phi) is 3.51. The second-order valence-electron chi connectivity index (χ2n) is 5.50. The molecule has 5 nitrogen and oxygen atoms in total. The predicted molar refractivity (Wildman–Crippen MR) is 77.7 cm³/mol. The number of hydrogen-bond acceptors (Lipinski definition) is 3. The largest absolute Gasteiger partial charge is 0.481 e. The Morgan fingerprint density at radius 3 is 2.38 bits per heavy atom. The van der Waals surface area contributed by atoms with Gasteiger partial charge in [-0.3, -0.25) is 9.59 Å². The average molecular weight is 287 g/mol. The minimum Gasteiger partial charge on any atom is -0.481 e. The second-order valence-corrected chi connectivity index (χ2v) is 5.50. The number of benzene rings is 1. The van der Waals surface area contributed by atoms with Gasteiger partial charge < -0.3 is 15.2 Å².